The normalized spacial score (nSPS) is 21.1. The van der Waals surface area contributed by atoms with Gasteiger partial charge in [0.15, 0.2) is 11.6 Å². The van der Waals surface area contributed by atoms with E-state index in [4.69, 9.17) is 54.6 Å². The Bertz CT molecular complexity index is 2290. The van der Waals surface area contributed by atoms with Crippen LogP contribution in [0.2, 0.25) is 5.02 Å². The van der Waals surface area contributed by atoms with E-state index >= 15 is 0 Å². The Morgan fingerprint density at radius 3 is 2.24 bits per heavy atom. The van der Waals surface area contributed by atoms with E-state index in [1.54, 1.807) is 61.0 Å². The summed E-state index contributed by atoms with van der Waals surface area (Å²) in [7, 11) is -4.66. The Balaban J connectivity index is 1.06. The maximum atomic E-state index is 14.9. The highest BCUT2D eigenvalue weighted by Gasteiger charge is 2.65. The molecular formula is C49H67ClN7O9P. The lowest BCUT2D eigenvalue weighted by molar-refractivity contribution is -0.204. The highest BCUT2D eigenvalue weighted by Crippen LogP contribution is 2.55. The summed E-state index contributed by atoms with van der Waals surface area (Å²) in [6.45, 7) is 5.42. The van der Waals surface area contributed by atoms with Gasteiger partial charge in [-0.2, -0.15) is 15.6 Å². The standard InChI is InChI=1S/C49H67ClN7O9P/c1-4-5-6-7-8-9-10-11-12-13-14-15-16-17-18-21-26-59-32-39(60-31-38-27-37(28-51)29-54-30-38)33-61-67(58,66-43-23-20-19-22-40(43)50)62-35-49(34-52)46-45(63-48(2,3)65-46)44(64-49)41-24-25-42-47(53)55-36-56-57(41)42/h19-20,22-25,27,29-30,36,39,44-46H,4-18,21,26,31-33,35H2,1-3H3,(H2,53,55,56)/t39-,44+,45+,46+,49-,67?/m1/s1. The fourth-order valence-corrected chi connectivity index (χ4v) is 9.93. The van der Waals surface area contributed by atoms with E-state index in [0.29, 0.717) is 28.9 Å². The number of aromatic nitrogens is 4. The molecule has 0 bridgehead atoms. The van der Waals surface area contributed by atoms with E-state index in [1.165, 1.54) is 102 Å². The summed E-state index contributed by atoms with van der Waals surface area (Å²) in [6, 6.07) is 15.9. The zero-order chi connectivity index (χ0) is 47.5. The van der Waals surface area contributed by atoms with E-state index in [1.807, 2.05) is 0 Å². The van der Waals surface area contributed by atoms with Gasteiger partial charge in [0.25, 0.3) is 0 Å². The summed E-state index contributed by atoms with van der Waals surface area (Å²) < 4.78 is 66.0. The fraction of sp³-hybridized carbons (Fsp3) is 0.612. The van der Waals surface area contributed by atoms with Crippen molar-refractivity contribution in [2.24, 2.45) is 0 Å². The Morgan fingerprint density at radius 1 is 0.881 bits per heavy atom. The third kappa shape index (κ3) is 15.1. The Morgan fingerprint density at radius 2 is 1.57 bits per heavy atom. The molecule has 2 aliphatic rings. The molecule has 1 unspecified atom stereocenters. The van der Waals surface area contributed by atoms with Gasteiger partial charge in [-0.3, -0.25) is 14.0 Å². The van der Waals surface area contributed by atoms with Crippen LogP contribution in [0.15, 0.2) is 61.2 Å². The first-order chi connectivity index (χ1) is 32.5. The van der Waals surface area contributed by atoms with Gasteiger partial charge in [0.2, 0.25) is 5.60 Å². The van der Waals surface area contributed by atoms with Crippen molar-refractivity contribution in [2.75, 3.05) is 32.2 Å². The molecule has 1 aromatic carbocycles. The van der Waals surface area contributed by atoms with E-state index in [9.17, 15) is 15.1 Å². The lowest BCUT2D eigenvalue weighted by Crippen LogP contribution is -2.46. The maximum Gasteiger partial charge on any atom is 0.530 e. The molecule has 6 atom stereocenters. The van der Waals surface area contributed by atoms with Crippen LogP contribution in [0.4, 0.5) is 5.82 Å². The summed E-state index contributed by atoms with van der Waals surface area (Å²) in [5, 5.41) is 24.8. The highest BCUT2D eigenvalue weighted by molar-refractivity contribution is 7.49. The van der Waals surface area contributed by atoms with Crippen molar-refractivity contribution in [3.05, 3.63) is 83.0 Å². The summed E-state index contributed by atoms with van der Waals surface area (Å²) in [6.07, 6.45) is 21.3. The van der Waals surface area contributed by atoms with Gasteiger partial charge >= 0.3 is 7.82 Å². The number of para-hydroxylation sites is 1. The van der Waals surface area contributed by atoms with Crippen molar-refractivity contribution in [1.29, 1.82) is 10.5 Å². The van der Waals surface area contributed by atoms with Gasteiger partial charge in [-0.15, -0.1) is 0 Å². The molecule has 0 saturated carbocycles. The molecule has 2 saturated heterocycles. The first-order valence-corrected chi connectivity index (χ1v) is 25.7. The van der Waals surface area contributed by atoms with Gasteiger partial charge in [-0.25, -0.2) is 14.1 Å². The Hall–Kier alpha value is -4.19. The number of pyridine rings is 1. The molecular weight excluding hydrogens is 897 g/mol. The fourth-order valence-electron chi connectivity index (χ4n) is 8.42. The van der Waals surface area contributed by atoms with Crippen LogP contribution in [0.1, 0.15) is 146 Å². The van der Waals surface area contributed by atoms with Crippen molar-refractivity contribution in [1.82, 2.24) is 19.6 Å². The van der Waals surface area contributed by atoms with Crippen molar-refractivity contribution >= 4 is 30.8 Å². The average Bonchev–Trinajstić information content (AvgIpc) is 3.99. The molecule has 67 heavy (non-hydrogen) atoms. The number of rotatable bonds is 31. The third-order valence-corrected chi connectivity index (χ3v) is 13.6. The summed E-state index contributed by atoms with van der Waals surface area (Å²) >= 11 is 6.48. The number of nitrogens with zero attached hydrogens (tertiary/aromatic N) is 6. The Kier molecular flexibility index (Phi) is 20.2. The first kappa shape index (κ1) is 52.2. The number of nitrogen functional groups attached to an aromatic ring is 1. The van der Waals surface area contributed by atoms with Crippen LogP contribution >= 0.6 is 19.4 Å². The lowest BCUT2D eigenvalue weighted by atomic mass is 9.96. The van der Waals surface area contributed by atoms with Gasteiger partial charge in [0.1, 0.15) is 60.8 Å². The number of unbranched alkanes of at least 4 members (excludes halogenated alkanes) is 15. The molecule has 6 rings (SSSR count). The molecule has 0 spiro atoms. The lowest BCUT2D eigenvalue weighted by Gasteiger charge is -2.30. The van der Waals surface area contributed by atoms with Crippen LogP contribution in [-0.4, -0.2) is 75.7 Å². The largest absolute Gasteiger partial charge is 0.530 e. The number of benzene rings is 1. The molecule has 2 aliphatic heterocycles. The van der Waals surface area contributed by atoms with Crippen molar-refractivity contribution < 1.29 is 41.8 Å². The molecule has 2 N–H and O–H groups in total. The first-order valence-electron chi connectivity index (χ1n) is 23.9. The molecule has 364 valence electrons. The predicted octanol–water partition coefficient (Wildman–Crippen LogP) is 11.2. The summed E-state index contributed by atoms with van der Waals surface area (Å²) in [5.41, 5.74) is 6.35. The molecule has 0 amide bonds. The van der Waals surface area contributed by atoms with Crippen LogP contribution in [0.25, 0.3) is 5.52 Å². The number of fused-ring (bicyclic) bond motifs is 2. The number of nitrogens with two attached hydrogens (primary N) is 1. The number of phosphoric acid groups is 1. The van der Waals surface area contributed by atoms with Crippen LogP contribution < -0.4 is 10.3 Å². The average molecular weight is 965 g/mol. The van der Waals surface area contributed by atoms with Crippen LogP contribution in [0.3, 0.4) is 0 Å². The molecule has 18 heteroatoms. The van der Waals surface area contributed by atoms with Gasteiger partial charge in [-0.1, -0.05) is 127 Å². The molecule has 4 aromatic rings. The zero-order valence-electron chi connectivity index (χ0n) is 39.2. The van der Waals surface area contributed by atoms with E-state index < -0.39 is 50.2 Å². The van der Waals surface area contributed by atoms with Crippen LogP contribution in [0.5, 0.6) is 5.75 Å². The number of hydrogen-bond donors (Lipinski definition) is 1. The molecule has 2 fully saturated rings. The Labute approximate surface area is 400 Å². The summed E-state index contributed by atoms with van der Waals surface area (Å²) in [4.78, 5) is 8.22. The predicted molar refractivity (Wildman–Crippen MR) is 253 cm³/mol. The third-order valence-electron chi connectivity index (χ3n) is 12.0. The number of phosphoric ester groups is 1. The molecule has 3 aromatic heterocycles. The minimum Gasteiger partial charge on any atom is -0.402 e. The van der Waals surface area contributed by atoms with Crippen molar-refractivity contribution in [3.63, 3.8) is 0 Å². The molecule has 16 nitrogen and oxygen atoms in total. The van der Waals surface area contributed by atoms with Gasteiger partial charge in [-0.05, 0) is 56.2 Å². The molecule has 5 heterocycles. The van der Waals surface area contributed by atoms with Crippen molar-refractivity contribution in [2.45, 2.75) is 166 Å². The SMILES string of the molecule is CCCCCCCCCCCCCCCCCCOC[C@H](COP(=O)(OC[C@@]1(C#N)O[C@@H](c2ccc3c(N)ncnn23)[C@@H]2OC(C)(C)O[C@@H]21)Oc1ccccc1Cl)OCc1cncc(C#N)c1. The number of anilines is 1. The second-order valence-corrected chi connectivity index (χ2v) is 19.8. The minimum atomic E-state index is -4.66. The van der Waals surface area contributed by atoms with Gasteiger partial charge in [0.05, 0.1) is 36.1 Å². The van der Waals surface area contributed by atoms with Gasteiger partial charge in [0, 0.05) is 19.0 Å². The van der Waals surface area contributed by atoms with E-state index in [0.717, 1.165) is 19.3 Å². The van der Waals surface area contributed by atoms with Crippen LogP contribution in [0, 0.1) is 22.7 Å². The number of halogens is 1. The van der Waals surface area contributed by atoms with E-state index in [-0.39, 0.29) is 36.4 Å². The minimum absolute atomic E-state index is 0.0247. The quantitative estimate of drug-likeness (QED) is 0.0367. The van der Waals surface area contributed by atoms with Crippen molar-refractivity contribution in [3.8, 4) is 17.9 Å². The smallest absolute Gasteiger partial charge is 0.402 e. The second-order valence-electron chi connectivity index (χ2n) is 17.8. The number of nitriles is 2. The monoisotopic (exact) mass is 963 g/mol. The topological polar surface area (TPSA) is 208 Å². The second kappa shape index (κ2) is 26.0. The van der Waals surface area contributed by atoms with Gasteiger partial charge < -0.3 is 33.9 Å². The molecule has 0 aliphatic carbocycles. The number of hydrogen-bond acceptors (Lipinski definition) is 15. The highest BCUT2D eigenvalue weighted by atomic mass is 35.5. The number of ether oxygens (including phenoxy) is 5. The van der Waals surface area contributed by atoms with Crippen LogP contribution in [-0.2, 0) is 43.9 Å². The summed E-state index contributed by atoms with van der Waals surface area (Å²) in [5.74, 6) is -0.838. The molecule has 0 radical (unpaired) electrons. The zero-order valence-corrected chi connectivity index (χ0v) is 40.8. The van der Waals surface area contributed by atoms with E-state index in [2.05, 4.69) is 34.1 Å². The maximum absolute atomic E-state index is 14.9.